The van der Waals surface area contributed by atoms with Crippen LogP contribution in [0.2, 0.25) is 0 Å². The maximum atomic E-state index is 13.2. The third-order valence-corrected chi connectivity index (χ3v) is 4.56. The molecule has 0 radical (unpaired) electrons. The van der Waals surface area contributed by atoms with Gasteiger partial charge >= 0.3 is 11.9 Å². The molecule has 1 saturated heterocycles. The molecule has 0 unspecified atom stereocenters. The molecule has 1 heterocycles. The molecule has 1 aliphatic carbocycles. The van der Waals surface area contributed by atoms with Gasteiger partial charge in [-0.15, -0.1) is 0 Å². The van der Waals surface area contributed by atoms with Gasteiger partial charge in [0.25, 0.3) is 16.0 Å². The molecule has 2 amide bonds. The molecular formula is C12H15F2NO7S. The fraction of sp³-hybridized carbons (Fsp3) is 0.750. The average molecular weight is 355 g/mol. The maximum absolute atomic E-state index is 13.2. The number of carbonyl (C=O) groups excluding carboxylic acids is 2. The molecule has 2 aliphatic rings. The molecule has 0 aromatic rings. The summed E-state index contributed by atoms with van der Waals surface area (Å²) in [7, 11) is -3.86. The van der Waals surface area contributed by atoms with Gasteiger partial charge in [0.15, 0.2) is 0 Å². The van der Waals surface area contributed by atoms with Gasteiger partial charge in [0, 0.05) is 13.0 Å². The Labute approximate surface area is 130 Å². The predicted octanol–water partition coefficient (Wildman–Crippen LogP) is -0.164. The van der Waals surface area contributed by atoms with E-state index in [1.165, 1.54) is 0 Å². The van der Waals surface area contributed by atoms with Crippen LogP contribution in [0, 0.1) is 11.8 Å². The second-order valence-corrected chi connectivity index (χ2v) is 7.30. The minimum Gasteiger partial charge on any atom is -0.481 e. The van der Waals surface area contributed by atoms with Gasteiger partial charge in [-0.1, -0.05) is 0 Å². The minimum atomic E-state index is -3.86. The third kappa shape index (κ3) is 3.66. The summed E-state index contributed by atoms with van der Waals surface area (Å²) >= 11 is 0. The molecule has 23 heavy (non-hydrogen) atoms. The Hall–Kier alpha value is -1.62. The molecule has 1 N–H and O–H groups in total. The van der Waals surface area contributed by atoms with E-state index in [1.54, 1.807) is 0 Å². The lowest BCUT2D eigenvalue weighted by Crippen LogP contribution is -2.43. The van der Waals surface area contributed by atoms with Crippen molar-refractivity contribution in [2.45, 2.75) is 31.3 Å². The van der Waals surface area contributed by atoms with E-state index in [9.17, 15) is 31.6 Å². The molecule has 3 atom stereocenters. The number of hydrogen-bond acceptors (Lipinski definition) is 6. The number of halogens is 2. The van der Waals surface area contributed by atoms with Crippen molar-refractivity contribution in [3.05, 3.63) is 0 Å². The number of alkyl halides is 2. The minimum absolute atomic E-state index is 0.253. The van der Waals surface area contributed by atoms with Crippen molar-refractivity contribution in [1.82, 2.24) is 4.90 Å². The van der Waals surface area contributed by atoms with Gasteiger partial charge in [0.1, 0.15) is 0 Å². The lowest BCUT2D eigenvalue weighted by Gasteiger charge is -2.21. The molecule has 0 aromatic carbocycles. The van der Waals surface area contributed by atoms with Crippen LogP contribution in [0.15, 0.2) is 0 Å². The standard InChI is InChI=1S/C12H15F2NO7S/c1-23(20,21)22-6-4-7(8(5-6)10(17)18)9(16)15-3-2-12(13,14)11(15)19/h6-8H,2-5H2,1H3,(H,17,18)/t6-,7-,8-/m1/s1. The van der Waals surface area contributed by atoms with Crippen LogP contribution in [0.25, 0.3) is 0 Å². The monoisotopic (exact) mass is 355 g/mol. The number of carbonyl (C=O) groups is 3. The number of hydrogen-bond donors (Lipinski definition) is 1. The van der Waals surface area contributed by atoms with Gasteiger partial charge in [0.05, 0.1) is 24.2 Å². The zero-order valence-electron chi connectivity index (χ0n) is 12.1. The summed E-state index contributed by atoms with van der Waals surface area (Å²) in [5.74, 6) is -10.3. The number of nitrogens with zero attached hydrogens (tertiary/aromatic N) is 1. The second kappa shape index (κ2) is 5.78. The average Bonchev–Trinajstić information content (AvgIpc) is 2.90. The molecule has 2 fully saturated rings. The molecule has 0 aromatic heterocycles. The lowest BCUT2D eigenvalue weighted by atomic mass is 9.95. The lowest BCUT2D eigenvalue weighted by molar-refractivity contribution is -0.158. The van der Waals surface area contributed by atoms with Crippen LogP contribution in [-0.2, 0) is 28.7 Å². The number of likely N-dealkylation sites (tertiary alicyclic amines) is 1. The zero-order chi connectivity index (χ0) is 17.6. The van der Waals surface area contributed by atoms with E-state index in [4.69, 9.17) is 9.29 Å². The van der Waals surface area contributed by atoms with Crippen molar-refractivity contribution in [3.8, 4) is 0 Å². The van der Waals surface area contributed by atoms with Crippen LogP contribution < -0.4 is 0 Å². The van der Waals surface area contributed by atoms with Crippen LogP contribution in [-0.4, -0.2) is 61.0 Å². The van der Waals surface area contributed by atoms with Crippen LogP contribution in [0.4, 0.5) is 8.78 Å². The molecule has 11 heteroatoms. The smallest absolute Gasteiger partial charge is 0.326 e. The summed E-state index contributed by atoms with van der Waals surface area (Å²) in [4.78, 5) is 35.4. The fourth-order valence-electron chi connectivity index (χ4n) is 2.93. The summed E-state index contributed by atoms with van der Waals surface area (Å²) in [6.07, 6.45) is -1.60. The van der Waals surface area contributed by atoms with Crippen molar-refractivity contribution in [2.24, 2.45) is 11.8 Å². The topological polar surface area (TPSA) is 118 Å². The number of carboxylic acid groups (broad SMARTS) is 1. The Balaban J connectivity index is 2.18. The van der Waals surface area contributed by atoms with Crippen LogP contribution >= 0.6 is 0 Å². The predicted molar refractivity (Wildman–Crippen MR) is 69.9 cm³/mol. The van der Waals surface area contributed by atoms with Gasteiger partial charge < -0.3 is 5.11 Å². The third-order valence-electron chi connectivity index (χ3n) is 3.94. The highest BCUT2D eigenvalue weighted by Crippen LogP contribution is 2.38. The summed E-state index contributed by atoms with van der Waals surface area (Å²) < 4.78 is 53.4. The Bertz CT molecular complexity index is 648. The Morgan fingerprint density at radius 1 is 1.30 bits per heavy atom. The van der Waals surface area contributed by atoms with Crippen LogP contribution in [0.3, 0.4) is 0 Å². The molecule has 0 bridgehead atoms. The summed E-state index contributed by atoms with van der Waals surface area (Å²) in [5.41, 5.74) is 0. The summed E-state index contributed by atoms with van der Waals surface area (Å²) in [5, 5.41) is 9.15. The molecule has 1 aliphatic heterocycles. The molecular weight excluding hydrogens is 340 g/mol. The molecule has 2 rings (SSSR count). The number of carboxylic acids is 1. The van der Waals surface area contributed by atoms with E-state index in [-0.39, 0.29) is 12.8 Å². The first-order valence-electron chi connectivity index (χ1n) is 6.77. The normalized spacial score (nSPS) is 30.7. The summed E-state index contributed by atoms with van der Waals surface area (Å²) in [6.45, 7) is -0.495. The quantitative estimate of drug-likeness (QED) is 0.550. The van der Waals surface area contributed by atoms with Crippen molar-refractivity contribution in [3.63, 3.8) is 0 Å². The Morgan fingerprint density at radius 3 is 2.30 bits per heavy atom. The second-order valence-electron chi connectivity index (χ2n) is 5.69. The number of imide groups is 1. The first-order chi connectivity index (χ1) is 10.4. The first-order valence-corrected chi connectivity index (χ1v) is 8.59. The van der Waals surface area contributed by atoms with Crippen LogP contribution in [0.1, 0.15) is 19.3 Å². The van der Waals surface area contributed by atoms with E-state index in [2.05, 4.69) is 0 Å². The van der Waals surface area contributed by atoms with E-state index in [1.807, 2.05) is 0 Å². The Morgan fingerprint density at radius 2 is 1.87 bits per heavy atom. The van der Waals surface area contributed by atoms with Gasteiger partial charge in [-0.05, 0) is 12.8 Å². The van der Waals surface area contributed by atoms with Gasteiger partial charge in [0.2, 0.25) is 5.91 Å². The molecule has 8 nitrogen and oxygen atoms in total. The maximum Gasteiger partial charge on any atom is 0.326 e. The molecule has 1 saturated carbocycles. The Kier molecular flexibility index (Phi) is 4.46. The van der Waals surface area contributed by atoms with Crippen molar-refractivity contribution in [1.29, 1.82) is 0 Å². The highest BCUT2D eigenvalue weighted by molar-refractivity contribution is 7.86. The number of rotatable bonds is 4. The molecule has 130 valence electrons. The summed E-state index contributed by atoms with van der Waals surface area (Å²) in [6, 6.07) is 0. The van der Waals surface area contributed by atoms with E-state index >= 15 is 0 Å². The van der Waals surface area contributed by atoms with Crippen molar-refractivity contribution in [2.75, 3.05) is 12.8 Å². The van der Waals surface area contributed by atoms with E-state index in [0.717, 1.165) is 6.26 Å². The SMILES string of the molecule is CS(=O)(=O)O[C@H]1C[C@@H](C(=O)O)[C@H](C(=O)N2CCC(F)(F)C2=O)C1. The van der Waals surface area contributed by atoms with Crippen LogP contribution in [0.5, 0.6) is 0 Å². The largest absolute Gasteiger partial charge is 0.481 e. The van der Waals surface area contributed by atoms with Gasteiger partial charge in [-0.2, -0.15) is 17.2 Å². The number of aliphatic carboxylic acids is 1. The highest BCUT2D eigenvalue weighted by Gasteiger charge is 2.54. The molecule has 0 spiro atoms. The van der Waals surface area contributed by atoms with Gasteiger partial charge in [-0.25, -0.2) is 0 Å². The van der Waals surface area contributed by atoms with Crippen molar-refractivity contribution >= 4 is 27.9 Å². The highest BCUT2D eigenvalue weighted by atomic mass is 32.2. The number of amides is 2. The fourth-order valence-corrected chi connectivity index (χ4v) is 3.58. The van der Waals surface area contributed by atoms with Gasteiger partial charge in [-0.3, -0.25) is 23.5 Å². The first kappa shape index (κ1) is 17.7. The van der Waals surface area contributed by atoms with E-state index < -0.39 is 64.7 Å². The van der Waals surface area contributed by atoms with Crippen molar-refractivity contribution < 1.29 is 40.9 Å². The van der Waals surface area contributed by atoms with E-state index in [0.29, 0.717) is 4.90 Å². The zero-order valence-corrected chi connectivity index (χ0v) is 12.9.